The zero-order valence-electron chi connectivity index (χ0n) is 20.0. The van der Waals surface area contributed by atoms with E-state index in [0.717, 1.165) is 16.3 Å². The zero-order valence-corrected chi connectivity index (χ0v) is 22.9. The molecule has 0 aliphatic carbocycles. The molecule has 0 fully saturated rings. The van der Waals surface area contributed by atoms with Crippen LogP contribution in [0.2, 0.25) is 0 Å². The van der Waals surface area contributed by atoms with Gasteiger partial charge in [-0.25, -0.2) is 10.8 Å². The van der Waals surface area contributed by atoms with Crippen LogP contribution in [0.3, 0.4) is 0 Å². The molecular formula is C30H32OY-2. The third-order valence-electron chi connectivity index (χ3n) is 5.65. The first-order valence-corrected chi connectivity index (χ1v) is 11.0. The molecular weight excluding hydrogens is 465 g/mol. The smallest absolute Gasteiger partial charge is 0.0843 e. The van der Waals surface area contributed by atoms with Crippen LogP contribution in [0.15, 0.2) is 60.7 Å². The standard InChI is InChI=1S/C18H14.C12H18O.Y/c1-3-13-14(4-2)16-10-6-8-12-18(16)17-11-7-5-9-15(13)17;1-9(2)10-7-5-6-8-11(10)12(3,4)13;/h3-10H,1-2H3;5-9,13H,1-4H3;/q-2;;/b13-3+,14-4+;;. The van der Waals surface area contributed by atoms with Crippen molar-refractivity contribution in [2.45, 2.75) is 53.1 Å². The Morgan fingerprint density at radius 3 is 1.62 bits per heavy atom. The predicted molar refractivity (Wildman–Crippen MR) is 134 cm³/mol. The van der Waals surface area contributed by atoms with Gasteiger partial charge in [-0.1, -0.05) is 60.7 Å². The summed E-state index contributed by atoms with van der Waals surface area (Å²) in [4.78, 5) is 0. The van der Waals surface area contributed by atoms with Crippen molar-refractivity contribution in [3.8, 4) is 0 Å². The number of hydrogen-bond acceptors (Lipinski definition) is 1. The second kappa shape index (κ2) is 11.4. The molecule has 0 aromatic heterocycles. The summed E-state index contributed by atoms with van der Waals surface area (Å²) in [7, 11) is 0. The Morgan fingerprint density at radius 2 is 1.25 bits per heavy atom. The molecule has 0 saturated heterocycles. The van der Waals surface area contributed by atoms with Gasteiger partial charge in [0.1, 0.15) is 0 Å². The third-order valence-corrected chi connectivity index (χ3v) is 5.65. The molecule has 1 radical (unpaired) electrons. The van der Waals surface area contributed by atoms with Gasteiger partial charge in [-0.2, -0.15) is 24.3 Å². The van der Waals surface area contributed by atoms with Crippen LogP contribution < -0.4 is 10.4 Å². The van der Waals surface area contributed by atoms with Crippen molar-refractivity contribution < 1.29 is 37.8 Å². The van der Waals surface area contributed by atoms with Crippen LogP contribution in [-0.2, 0) is 38.3 Å². The number of fused-ring (bicyclic) bond motifs is 3. The summed E-state index contributed by atoms with van der Waals surface area (Å²) in [6.07, 6.45) is 4.36. The number of aliphatic hydroxyl groups is 1. The van der Waals surface area contributed by atoms with Gasteiger partial charge in [0.05, 0.1) is 5.60 Å². The Hall–Kier alpha value is -1.80. The average Bonchev–Trinajstić information content (AvgIpc) is 2.78. The van der Waals surface area contributed by atoms with E-state index >= 15 is 0 Å². The molecule has 0 saturated carbocycles. The normalized spacial score (nSPS) is 12.6. The van der Waals surface area contributed by atoms with Crippen molar-refractivity contribution in [3.63, 3.8) is 0 Å². The van der Waals surface area contributed by atoms with E-state index in [1.54, 1.807) is 0 Å². The van der Waals surface area contributed by atoms with E-state index in [1.165, 1.54) is 26.8 Å². The average molecular weight is 497 g/mol. The molecule has 0 aliphatic heterocycles. The molecule has 0 aliphatic rings. The topological polar surface area (TPSA) is 20.2 Å². The first-order chi connectivity index (χ1) is 14.8. The molecule has 0 heterocycles. The van der Waals surface area contributed by atoms with Crippen LogP contribution in [0.25, 0.3) is 33.7 Å². The molecule has 0 atom stereocenters. The molecule has 4 aromatic carbocycles. The van der Waals surface area contributed by atoms with Gasteiger partial charge in [0.2, 0.25) is 0 Å². The quantitative estimate of drug-likeness (QED) is 0.257. The maximum atomic E-state index is 9.92. The number of benzene rings is 4. The van der Waals surface area contributed by atoms with Gasteiger partial charge in [-0.3, -0.25) is 0 Å². The molecule has 1 nitrogen and oxygen atoms in total. The van der Waals surface area contributed by atoms with Crippen molar-refractivity contribution >= 4 is 33.7 Å². The monoisotopic (exact) mass is 497 g/mol. The largest absolute Gasteiger partial charge is 0.386 e. The van der Waals surface area contributed by atoms with Crippen LogP contribution in [0.1, 0.15) is 58.6 Å². The van der Waals surface area contributed by atoms with Gasteiger partial charge < -0.3 is 5.11 Å². The van der Waals surface area contributed by atoms with Gasteiger partial charge in [0, 0.05) is 32.7 Å². The second-order valence-electron chi connectivity index (χ2n) is 8.62. The van der Waals surface area contributed by atoms with Crippen LogP contribution in [0.5, 0.6) is 0 Å². The molecule has 163 valence electrons. The van der Waals surface area contributed by atoms with Crippen molar-refractivity contribution in [3.05, 3.63) is 94.4 Å². The van der Waals surface area contributed by atoms with Gasteiger partial charge in [0.15, 0.2) is 0 Å². The van der Waals surface area contributed by atoms with Gasteiger partial charge in [0.25, 0.3) is 0 Å². The van der Waals surface area contributed by atoms with Crippen LogP contribution in [-0.4, -0.2) is 5.11 Å². The molecule has 4 aromatic rings. The summed E-state index contributed by atoms with van der Waals surface area (Å²) in [5.74, 6) is 0.461. The second-order valence-corrected chi connectivity index (χ2v) is 8.62. The minimum absolute atomic E-state index is 0. The van der Waals surface area contributed by atoms with E-state index in [1.807, 2.05) is 56.3 Å². The molecule has 0 bridgehead atoms. The Labute approximate surface area is 217 Å². The van der Waals surface area contributed by atoms with Crippen molar-refractivity contribution in [2.24, 2.45) is 0 Å². The fourth-order valence-corrected chi connectivity index (χ4v) is 4.21. The number of rotatable bonds is 2. The summed E-state index contributed by atoms with van der Waals surface area (Å²) in [5.41, 5.74) is 1.53. The first-order valence-electron chi connectivity index (χ1n) is 11.0. The third kappa shape index (κ3) is 5.57. The fraction of sp³-hybridized carbons (Fsp3) is 0.267. The predicted octanol–water partition coefficient (Wildman–Crippen LogP) is 6.23. The van der Waals surface area contributed by atoms with Crippen LogP contribution in [0.4, 0.5) is 0 Å². The minimum atomic E-state index is -0.735. The molecule has 0 unspecified atom stereocenters. The van der Waals surface area contributed by atoms with E-state index in [9.17, 15) is 5.11 Å². The van der Waals surface area contributed by atoms with Crippen molar-refractivity contribution in [1.82, 2.24) is 0 Å². The van der Waals surface area contributed by atoms with E-state index in [2.05, 4.69) is 70.2 Å². The Bertz CT molecular complexity index is 1240. The SMILES string of the molecule is C/C=c1\c(=C/C)c2ccc[c-]c2c2[c-]cccc12.CC(C)c1ccccc1C(C)(C)O.[Y]. The summed E-state index contributed by atoms with van der Waals surface area (Å²) in [5, 5.41) is 17.3. The van der Waals surface area contributed by atoms with E-state index in [-0.39, 0.29) is 32.7 Å². The van der Waals surface area contributed by atoms with Crippen molar-refractivity contribution in [2.75, 3.05) is 0 Å². The molecule has 32 heavy (non-hydrogen) atoms. The van der Waals surface area contributed by atoms with Crippen LogP contribution >= 0.6 is 0 Å². The fourth-order valence-electron chi connectivity index (χ4n) is 4.21. The van der Waals surface area contributed by atoms with Gasteiger partial charge in [-0.15, -0.1) is 35.0 Å². The maximum Gasteiger partial charge on any atom is 0.0843 e. The Kier molecular flexibility index (Phi) is 9.40. The summed E-state index contributed by atoms with van der Waals surface area (Å²) < 4.78 is 0. The summed E-state index contributed by atoms with van der Waals surface area (Å²) in [6.45, 7) is 12.1. The molecule has 4 rings (SSSR count). The summed E-state index contributed by atoms with van der Waals surface area (Å²) in [6, 6.07) is 27.1. The zero-order chi connectivity index (χ0) is 22.6. The Balaban J connectivity index is 0.000000232. The molecule has 0 spiro atoms. The first kappa shape index (κ1) is 26.5. The van der Waals surface area contributed by atoms with E-state index in [4.69, 9.17) is 0 Å². The minimum Gasteiger partial charge on any atom is -0.386 e. The van der Waals surface area contributed by atoms with Gasteiger partial charge in [-0.05, 0) is 44.7 Å². The Morgan fingerprint density at radius 1 is 0.781 bits per heavy atom. The number of hydrogen-bond donors (Lipinski definition) is 1. The molecule has 2 heteroatoms. The summed E-state index contributed by atoms with van der Waals surface area (Å²) >= 11 is 0. The van der Waals surface area contributed by atoms with Gasteiger partial charge >= 0.3 is 0 Å². The molecule has 1 N–H and O–H groups in total. The molecule has 0 amide bonds. The van der Waals surface area contributed by atoms with Crippen LogP contribution in [0, 0.1) is 12.1 Å². The van der Waals surface area contributed by atoms with Crippen molar-refractivity contribution in [1.29, 1.82) is 0 Å². The maximum absolute atomic E-state index is 9.92. The van der Waals surface area contributed by atoms with E-state index in [0.29, 0.717) is 5.92 Å². The van der Waals surface area contributed by atoms with E-state index < -0.39 is 5.60 Å².